The number of aliphatic hydroxyl groups is 1. The minimum Gasteiger partial charge on any atom is -0.389 e. The van der Waals surface area contributed by atoms with Crippen molar-refractivity contribution in [2.75, 3.05) is 0 Å². The van der Waals surface area contributed by atoms with E-state index in [2.05, 4.69) is 0 Å². The van der Waals surface area contributed by atoms with Crippen LogP contribution in [0.15, 0.2) is 24.3 Å². The Bertz CT molecular complexity index is 460. The summed E-state index contributed by atoms with van der Waals surface area (Å²) >= 11 is 0. The van der Waals surface area contributed by atoms with E-state index in [1.165, 1.54) is 0 Å². The third-order valence-electron chi connectivity index (χ3n) is 4.41. The van der Waals surface area contributed by atoms with Gasteiger partial charge in [0.15, 0.2) is 5.78 Å². The molecule has 2 aliphatic rings. The third-order valence-corrected chi connectivity index (χ3v) is 4.41. The van der Waals surface area contributed by atoms with Gasteiger partial charge in [-0.1, -0.05) is 24.3 Å². The maximum Gasteiger partial charge on any atom is 0.171 e. The molecule has 0 aliphatic heterocycles. The van der Waals surface area contributed by atoms with Crippen molar-refractivity contribution >= 4 is 5.78 Å². The first-order valence-corrected chi connectivity index (χ1v) is 5.92. The van der Waals surface area contributed by atoms with Gasteiger partial charge in [-0.25, -0.2) is 0 Å². The summed E-state index contributed by atoms with van der Waals surface area (Å²) in [5.41, 5.74) is 0.671. The lowest BCUT2D eigenvalue weighted by atomic mass is 9.67. The van der Waals surface area contributed by atoms with Crippen molar-refractivity contribution in [3.8, 4) is 0 Å². The molecule has 0 heterocycles. The van der Waals surface area contributed by atoms with Crippen molar-refractivity contribution in [1.82, 2.24) is 0 Å². The first-order valence-electron chi connectivity index (χ1n) is 5.92. The van der Waals surface area contributed by atoms with Crippen LogP contribution in [0.4, 0.5) is 0 Å². The zero-order chi connectivity index (χ0) is 11.4. The highest BCUT2D eigenvalue weighted by Gasteiger charge is 2.60. The molecule has 2 nitrogen and oxygen atoms in total. The van der Waals surface area contributed by atoms with E-state index in [1.54, 1.807) is 0 Å². The molecule has 3 rings (SSSR count). The second kappa shape index (κ2) is 2.95. The monoisotopic (exact) mass is 216 g/mol. The Hall–Kier alpha value is -1.15. The van der Waals surface area contributed by atoms with Crippen LogP contribution in [0.25, 0.3) is 0 Å². The SMILES string of the molecule is CC1(C2(O)CC2)CCc2ccccc2C1=O. The molecule has 1 atom stereocenters. The lowest BCUT2D eigenvalue weighted by molar-refractivity contribution is 0.0100. The summed E-state index contributed by atoms with van der Waals surface area (Å²) in [5.74, 6) is 0.134. The average Bonchev–Trinajstić information content (AvgIpc) is 3.04. The summed E-state index contributed by atoms with van der Waals surface area (Å²) in [4.78, 5) is 12.5. The fourth-order valence-electron chi connectivity index (χ4n) is 2.87. The van der Waals surface area contributed by atoms with Crippen molar-refractivity contribution in [1.29, 1.82) is 0 Å². The van der Waals surface area contributed by atoms with Gasteiger partial charge in [0.25, 0.3) is 0 Å². The number of carbonyl (C=O) groups excluding carboxylic acids is 1. The molecule has 0 saturated heterocycles. The van der Waals surface area contributed by atoms with Gasteiger partial charge in [0, 0.05) is 5.56 Å². The molecule has 1 aromatic carbocycles. The number of aryl methyl sites for hydroxylation is 1. The molecular formula is C14H16O2. The summed E-state index contributed by atoms with van der Waals surface area (Å²) in [5, 5.41) is 10.3. The average molecular weight is 216 g/mol. The molecule has 2 aliphatic carbocycles. The fourth-order valence-corrected chi connectivity index (χ4v) is 2.87. The zero-order valence-corrected chi connectivity index (χ0v) is 9.49. The van der Waals surface area contributed by atoms with E-state index in [9.17, 15) is 9.90 Å². The molecule has 0 amide bonds. The highest BCUT2D eigenvalue weighted by atomic mass is 16.3. The van der Waals surface area contributed by atoms with Crippen molar-refractivity contribution < 1.29 is 9.90 Å². The summed E-state index contributed by atoms with van der Waals surface area (Å²) in [7, 11) is 0. The maximum atomic E-state index is 12.5. The topological polar surface area (TPSA) is 37.3 Å². The van der Waals surface area contributed by atoms with Crippen molar-refractivity contribution in [2.24, 2.45) is 5.41 Å². The van der Waals surface area contributed by atoms with Gasteiger partial charge >= 0.3 is 0 Å². The van der Waals surface area contributed by atoms with Crippen LogP contribution in [0.2, 0.25) is 0 Å². The Morgan fingerprint density at radius 3 is 2.56 bits per heavy atom. The fraction of sp³-hybridized carbons (Fsp3) is 0.500. The molecule has 0 radical (unpaired) electrons. The van der Waals surface area contributed by atoms with E-state index in [4.69, 9.17) is 0 Å². The van der Waals surface area contributed by atoms with E-state index in [-0.39, 0.29) is 5.78 Å². The van der Waals surface area contributed by atoms with Gasteiger partial charge in [-0.05, 0) is 38.2 Å². The van der Waals surface area contributed by atoms with Crippen LogP contribution in [-0.4, -0.2) is 16.5 Å². The number of Topliss-reactive ketones (excluding diaryl/α,β-unsaturated/α-hetero) is 1. The van der Waals surface area contributed by atoms with E-state index in [1.807, 2.05) is 31.2 Å². The van der Waals surface area contributed by atoms with E-state index in [0.717, 1.165) is 36.8 Å². The van der Waals surface area contributed by atoms with Gasteiger partial charge in [0.05, 0.1) is 11.0 Å². The van der Waals surface area contributed by atoms with Gasteiger partial charge in [0.2, 0.25) is 0 Å². The van der Waals surface area contributed by atoms with Crippen molar-refractivity contribution in [3.63, 3.8) is 0 Å². The van der Waals surface area contributed by atoms with Crippen LogP contribution in [0.1, 0.15) is 42.1 Å². The third kappa shape index (κ3) is 1.14. The highest BCUT2D eigenvalue weighted by molar-refractivity contribution is 6.03. The molecular weight excluding hydrogens is 200 g/mol. The van der Waals surface area contributed by atoms with Crippen molar-refractivity contribution in [3.05, 3.63) is 35.4 Å². The molecule has 0 aromatic heterocycles. The van der Waals surface area contributed by atoms with Gasteiger partial charge in [-0.2, -0.15) is 0 Å². The second-order valence-corrected chi connectivity index (χ2v) is 5.35. The van der Waals surface area contributed by atoms with Gasteiger partial charge in [-0.3, -0.25) is 4.79 Å². The summed E-state index contributed by atoms with van der Waals surface area (Å²) in [6.07, 6.45) is 3.23. The summed E-state index contributed by atoms with van der Waals surface area (Å²) < 4.78 is 0. The predicted molar refractivity (Wildman–Crippen MR) is 61.4 cm³/mol. The Morgan fingerprint density at radius 1 is 1.19 bits per heavy atom. The smallest absolute Gasteiger partial charge is 0.171 e. The van der Waals surface area contributed by atoms with Gasteiger partial charge in [-0.15, -0.1) is 0 Å². The largest absolute Gasteiger partial charge is 0.389 e. The van der Waals surface area contributed by atoms with Gasteiger partial charge < -0.3 is 5.11 Å². The Morgan fingerprint density at radius 2 is 1.88 bits per heavy atom. The molecule has 16 heavy (non-hydrogen) atoms. The standard InChI is InChI=1S/C14H16O2/c1-13(14(16)8-9-14)7-6-10-4-2-3-5-11(10)12(13)15/h2-5,16H,6-9H2,1H3. The second-order valence-electron chi connectivity index (χ2n) is 5.35. The number of ketones is 1. The normalized spacial score (nSPS) is 31.0. The zero-order valence-electron chi connectivity index (χ0n) is 9.49. The molecule has 1 saturated carbocycles. The van der Waals surface area contributed by atoms with Crippen LogP contribution in [-0.2, 0) is 6.42 Å². The number of rotatable bonds is 1. The molecule has 1 unspecified atom stereocenters. The summed E-state index contributed by atoms with van der Waals surface area (Å²) in [6, 6.07) is 7.78. The molecule has 84 valence electrons. The van der Waals surface area contributed by atoms with Crippen LogP contribution in [0.5, 0.6) is 0 Å². The lowest BCUT2D eigenvalue weighted by Gasteiger charge is -2.37. The maximum absolute atomic E-state index is 12.5. The molecule has 0 bridgehead atoms. The van der Waals surface area contributed by atoms with Crippen LogP contribution in [0.3, 0.4) is 0 Å². The number of hydrogen-bond donors (Lipinski definition) is 1. The first-order chi connectivity index (χ1) is 7.57. The highest BCUT2D eigenvalue weighted by Crippen LogP contribution is 2.55. The van der Waals surface area contributed by atoms with E-state index < -0.39 is 11.0 Å². The molecule has 1 fully saturated rings. The Labute approximate surface area is 95.3 Å². The molecule has 1 aromatic rings. The minimum atomic E-state index is -0.725. The Kier molecular flexibility index (Phi) is 1.85. The van der Waals surface area contributed by atoms with E-state index in [0.29, 0.717) is 0 Å². The first kappa shape index (κ1) is 10.0. The van der Waals surface area contributed by atoms with Crippen molar-refractivity contribution in [2.45, 2.75) is 38.2 Å². The van der Waals surface area contributed by atoms with Crippen LogP contribution < -0.4 is 0 Å². The lowest BCUT2D eigenvalue weighted by Crippen LogP contribution is -2.44. The number of hydrogen-bond acceptors (Lipinski definition) is 2. The van der Waals surface area contributed by atoms with Crippen LogP contribution >= 0.6 is 0 Å². The minimum absolute atomic E-state index is 0.134. The number of carbonyl (C=O) groups is 1. The van der Waals surface area contributed by atoms with E-state index >= 15 is 0 Å². The predicted octanol–water partition coefficient (Wildman–Crippen LogP) is 2.35. The van der Waals surface area contributed by atoms with Crippen LogP contribution in [0, 0.1) is 5.41 Å². The van der Waals surface area contributed by atoms with Gasteiger partial charge in [0.1, 0.15) is 0 Å². The quantitative estimate of drug-likeness (QED) is 0.782. The molecule has 1 N–H and O–H groups in total. The Balaban J connectivity index is 2.07. The molecule has 0 spiro atoms. The number of fused-ring (bicyclic) bond motifs is 1. The number of benzene rings is 1. The molecule has 2 heteroatoms. The summed E-state index contributed by atoms with van der Waals surface area (Å²) in [6.45, 7) is 1.93.